The summed E-state index contributed by atoms with van der Waals surface area (Å²) < 4.78 is 0. The zero-order valence-corrected chi connectivity index (χ0v) is 6.97. The smallest absolute Gasteiger partial charge is 0.191 e. The van der Waals surface area contributed by atoms with Gasteiger partial charge >= 0.3 is 0 Å². The number of hydrogen-bond donors (Lipinski definition) is 1. The second-order valence-electron chi connectivity index (χ2n) is 2.48. The molecule has 2 heterocycles. The molecule has 0 atom stereocenters. The first-order chi connectivity index (χ1) is 6.86. The molecule has 1 aromatic heterocycles. The molecule has 0 radical (unpaired) electrons. The summed E-state index contributed by atoms with van der Waals surface area (Å²) in [4.78, 5) is 8.85. The minimum Gasteiger partial charge on any atom is -0.355 e. The Kier molecular flexibility index (Phi) is 1.74. The summed E-state index contributed by atoms with van der Waals surface area (Å²) in [6.07, 6.45) is 6.18. The summed E-state index contributed by atoms with van der Waals surface area (Å²) in [6, 6.07) is 1.89. The van der Waals surface area contributed by atoms with Crippen molar-refractivity contribution in [2.24, 2.45) is 0 Å². The predicted octanol–water partition coefficient (Wildman–Crippen LogP) is 0.555. The van der Waals surface area contributed by atoms with Crippen LogP contribution in [0.25, 0.3) is 0 Å². The molecule has 0 saturated carbocycles. The maximum absolute atomic E-state index is 8.84. The van der Waals surface area contributed by atoms with Crippen molar-refractivity contribution >= 4 is 11.5 Å². The van der Waals surface area contributed by atoms with Gasteiger partial charge in [0.05, 0.1) is 6.20 Å². The molecule has 0 spiro atoms. The fraction of sp³-hybridized carbons (Fsp3) is 0. The Morgan fingerprint density at radius 1 is 1.43 bits per heavy atom. The third-order valence-corrected chi connectivity index (χ3v) is 1.72. The van der Waals surface area contributed by atoms with Crippen LogP contribution in [0.5, 0.6) is 0 Å². The van der Waals surface area contributed by atoms with Gasteiger partial charge in [0.2, 0.25) is 0 Å². The Morgan fingerprint density at radius 2 is 2.29 bits per heavy atom. The summed E-state index contributed by atoms with van der Waals surface area (Å²) in [5.41, 5.74) is 0.812. The number of hydrogen-bond acceptors (Lipinski definition) is 6. The quantitative estimate of drug-likeness (QED) is 0.592. The molecule has 1 aromatic rings. The number of aromatic nitrogens is 2. The van der Waals surface area contributed by atoms with Crippen molar-refractivity contribution in [1.82, 2.24) is 9.97 Å². The second-order valence-corrected chi connectivity index (χ2v) is 2.48. The number of nitrogens with one attached hydrogen (secondary N) is 1. The first-order valence-corrected chi connectivity index (χ1v) is 3.73. The van der Waals surface area contributed by atoms with Crippen molar-refractivity contribution in [3.05, 3.63) is 24.4 Å². The fourth-order valence-electron chi connectivity index (χ4n) is 1.11. The molecule has 0 amide bonds. The second kappa shape index (κ2) is 3.04. The first-order valence-electron chi connectivity index (χ1n) is 3.73. The summed E-state index contributed by atoms with van der Waals surface area (Å²) in [7, 11) is 0. The van der Waals surface area contributed by atoms with Crippen molar-refractivity contribution < 1.29 is 0 Å². The number of allylic oxidation sites excluding steroid dienone is 1. The van der Waals surface area contributed by atoms with E-state index in [9.17, 15) is 0 Å². The highest BCUT2D eigenvalue weighted by atomic mass is 15.2. The molecular formula is C8H4N6. The highest BCUT2D eigenvalue weighted by Crippen LogP contribution is 2.27. The lowest BCUT2D eigenvalue weighted by molar-refractivity contribution is 1.07. The normalized spacial score (nSPS) is 13.0. The monoisotopic (exact) mass is 184 g/mol. The summed E-state index contributed by atoms with van der Waals surface area (Å²) >= 11 is 0. The third kappa shape index (κ3) is 1.03. The Balaban J connectivity index is 2.55. The average Bonchev–Trinajstić information content (AvgIpc) is 2.27. The minimum absolute atomic E-state index is 0.207. The van der Waals surface area contributed by atoms with Crippen molar-refractivity contribution in [3.8, 4) is 12.3 Å². The van der Waals surface area contributed by atoms with Gasteiger partial charge in [-0.05, 0) is 0 Å². The Labute approximate surface area is 79.7 Å². The molecule has 1 aliphatic heterocycles. The molecule has 66 valence electrons. The van der Waals surface area contributed by atoms with Crippen LogP contribution in [0.15, 0.2) is 24.4 Å². The number of fused-ring (bicyclic) bond motifs is 1. The van der Waals surface area contributed by atoms with Gasteiger partial charge in [-0.2, -0.15) is 10.5 Å². The van der Waals surface area contributed by atoms with Gasteiger partial charge < -0.3 is 5.32 Å². The van der Waals surface area contributed by atoms with Gasteiger partial charge in [0.25, 0.3) is 0 Å². The van der Waals surface area contributed by atoms with E-state index in [2.05, 4.69) is 15.3 Å². The van der Waals surface area contributed by atoms with E-state index in [-0.39, 0.29) is 5.70 Å². The average molecular weight is 184 g/mol. The van der Waals surface area contributed by atoms with Crippen molar-refractivity contribution in [3.63, 3.8) is 0 Å². The minimum atomic E-state index is 0.207. The van der Waals surface area contributed by atoms with E-state index in [1.165, 1.54) is 18.7 Å². The lowest BCUT2D eigenvalue weighted by Gasteiger charge is -2.20. The van der Waals surface area contributed by atoms with E-state index in [0.29, 0.717) is 11.5 Å². The predicted molar refractivity (Wildman–Crippen MR) is 47.4 cm³/mol. The molecule has 0 fully saturated rings. The van der Waals surface area contributed by atoms with Gasteiger partial charge in [0.1, 0.15) is 18.1 Å². The molecule has 2 rings (SSSR count). The SMILES string of the molecule is N#CC1=CNc2cncnc2N1C#N. The molecule has 0 aromatic carbocycles. The standard InChI is InChI=1S/C8H4N6/c9-1-6-2-12-7-3-11-5-13-8(7)14(6)4-10/h2-3,5,12H. The van der Waals surface area contributed by atoms with Crippen LogP contribution in [0.4, 0.5) is 11.5 Å². The Bertz CT molecular complexity index is 477. The molecule has 6 heteroatoms. The van der Waals surface area contributed by atoms with Gasteiger partial charge in [-0.15, -0.1) is 0 Å². The van der Waals surface area contributed by atoms with E-state index in [4.69, 9.17) is 10.5 Å². The molecule has 0 saturated heterocycles. The van der Waals surface area contributed by atoms with Crippen LogP contribution >= 0.6 is 0 Å². The largest absolute Gasteiger partial charge is 0.355 e. The molecule has 0 unspecified atom stereocenters. The van der Waals surface area contributed by atoms with Crippen LogP contribution in [0.2, 0.25) is 0 Å². The van der Waals surface area contributed by atoms with Crippen LogP contribution in [-0.2, 0) is 0 Å². The molecule has 14 heavy (non-hydrogen) atoms. The van der Waals surface area contributed by atoms with Crippen LogP contribution in [0.3, 0.4) is 0 Å². The molecule has 1 aliphatic rings. The van der Waals surface area contributed by atoms with Crippen molar-refractivity contribution in [2.45, 2.75) is 0 Å². The zero-order chi connectivity index (χ0) is 9.97. The van der Waals surface area contributed by atoms with Gasteiger partial charge in [-0.3, -0.25) is 0 Å². The van der Waals surface area contributed by atoms with Crippen molar-refractivity contribution in [1.29, 1.82) is 10.5 Å². The lowest BCUT2D eigenvalue weighted by Crippen LogP contribution is -2.22. The summed E-state index contributed by atoms with van der Waals surface area (Å²) in [5, 5.41) is 20.4. The maximum Gasteiger partial charge on any atom is 0.191 e. The highest BCUT2D eigenvalue weighted by Gasteiger charge is 2.20. The number of nitrogens with zero attached hydrogens (tertiary/aromatic N) is 5. The Morgan fingerprint density at radius 3 is 3.00 bits per heavy atom. The van der Waals surface area contributed by atoms with E-state index >= 15 is 0 Å². The van der Waals surface area contributed by atoms with Gasteiger partial charge in [-0.1, -0.05) is 0 Å². The Hall–Kier alpha value is -2.60. The molecule has 0 aliphatic carbocycles. The lowest BCUT2D eigenvalue weighted by atomic mass is 10.3. The summed E-state index contributed by atoms with van der Waals surface area (Å²) in [6.45, 7) is 0. The number of anilines is 2. The van der Waals surface area contributed by atoms with Crippen LogP contribution in [0, 0.1) is 22.8 Å². The van der Waals surface area contributed by atoms with Crippen molar-refractivity contribution in [2.75, 3.05) is 10.2 Å². The highest BCUT2D eigenvalue weighted by molar-refractivity contribution is 5.75. The first kappa shape index (κ1) is 8.02. The fourth-order valence-corrected chi connectivity index (χ4v) is 1.11. The van der Waals surface area contributed by atoms with Gasteiger partial charge in [-0.25, -0.2) is 14.9 Å². The van der Waals surface area contributed by atoms with E-state index in [1.54, 1.807) is 0 Å². The topological polar surface area (TPSA) is 88.6 Å². The zero-order valence-electron chi connectivity index (χ0n) is 6.97. The van der Waals surface area contributed by atoms with E-state index < -0.39 is 0 Å². The van der Waals surface area contributed by atoms with E-state index in [0.717, 1.165) is 4.90 Å². The van der Waals surface area contributed by atoms with Crippen LogP contribution < -0.4 is 10.2 Å². The summed E-state index contributed by atoms with van der Waals surface area (Å²) in [5.74, 6) is 0.390. The number of nitriles is 2. The van der Waals surface area contributed by atoms with E-state index in [1.807, 2.05) is 12.3 Å². The maximum atomic E-state index is 8.84. The molecule has 0 bridgehead atoms. The van der Waals surface area contributed by atoms with Crippen LogP contribution in [-0.4, -0.2) is 9.97 Å². The van der Waals surface area contributed by atoms with Gasteiger partial charge in [0, 0.05) is 6.20 Å². The molecular weight excluding hydrogens is 180 g/mol. The molecule has 6 nitrogen and oxygen atoms in total. The molecule has 1 N–H and O–H groups in total. The number of rotatable bonds is 0. The van der Waals surface area contributed by atoms with Gasteiger partial charge in [0.15, 0.2) is 17.7 Å². The third-order valence-electron chi connectivity index (χ3n) is 1.72. The van der Waals surface area contributed by atoms with Crippen LogP contribution in [0.1, 0.15) is 0 Å².